The molecule has 106 valence electrons. The fraction of sp³-hybridized carbons (Fsp3) is 0.571. The van der Waals surface area contributed by atoms with Gasteiger partial charge in [0.2, 0.25) is 0 Å². The zero-order chi connectivity index (χ0) is 13.8. The Balaban J connectivity index is 1.91. The molecule has 2 aromatic heterocycles. The van der Waals surface area contributed by atoms with E-state index < -0.39 is 0 Å². The number of nitrogens with zero attached hydrogens (tertiary/aromatic N) is 4. The Labute approximate surface area is 118 Å². The standard InChI is InChI=1S/C14H20N6/c1-2-7-15-11-5-3-4-6-12-10(11)8-16-13(19-12)14-17-9-18-20-14/h8-9,11,15H,2-7H2,1H3,(H,17,18,20). The maximum absolute atomic E-state index is 4.69. The minimum Gasteiger partial charge on any atom is -0.310 e. The Morgan fingerprint density at radius 3 is 3.10 bits per heavy atom. The number of H-pyrrole nitrogens is 1. The molecule has 0 bridgehead atoms. The van der Waals surface area contributed by atoms with Gasteiger partial charge in [0.1, 0.15) is 6.33 Å². The molecule has 0 spiro atoms. The summed E-state index contributed by atoms with van der Waals surface area (Å²) in [4.78, 5) is 13.3. The summed E-state index contributed by atoms with van der Waals surface area (Å²) < 4.78 is 0. The van der Waals surface area contributed by atoms with Crippen molar-refractivity contribution in [2.45, 2.75) is 45.1 Å². The maximum atomic E-state index is 4.69. The Kier molecular flexibility index (Phi) is 4.01. The molecule has 2 aromatic rings. The molecule has 0 saturated heterocycles. The number of aryl methyl sites for hydroxylation is 1. The first-order valence-corrected chi connectivity index (χ1v) is 7.33. The first kappa shape index (κ1) is 13.2. The van der Waals surface area contributed by atoms with Crippen molar-refractivity contribution in [3.05, 3.63) is 23.8 Å². The van der Waals surface area contributed by atoms with Crippen LogP contribution in [0.4, 0.5) is 0 Å². The van der Waals surface area contributed by atoms with Gasteiger partial charge in [0.15, 0.2) is 11.6 Å². The van der Waals surface area contributed by atoms with E-state index in [9.17, 15) is 0 Å². The molecular weight excluding hydrogens is 252 g/mol. The van der Waals surface area contributed by atoms with Crippen molar-refractivity contribution >= 4 is 0 Å². The highest BCUT2D eigenvalue weighted by atomic mass is 15.2. The fourth-order valence-electron chi connectivity index (χ4n) is 2.67. The average molecular weight is 272 g/mol. The van der Waals surface area contributed by atoms with Crippen LogP contribution < -0.4 is 5.32 Å². The number of rotatable bonds is 4. The highest BCUT2D eigenvalue weighted by Crippen LogP contribution is 2.28. The molecule has 1 aliphatic rings. The van der Waals surface area contributed by atoms with E-state index in [0.29, 0.717) is 17.7 Å². The van der Waals surface area contributed by atoms with Crippen LogP contribution >= 0.6 is 0 Å². The maximum Gasteiger partial charge on any atom is 0.197 e. The lowest BCUT2D eigenvalue weighted by Gasteiger charge is -2.18. The van der Waals surface area contributed by atoms with Crippen molar-refractivity contribution in [3.8, 4) is 11.6 Å². The van der Waals surface area contributed by atoms with Crippen LogP contribution in [0.15, 0.2) is 12.5 Å². The Bertz CT molecular complexity index is 551. The molecule has 6 nitrogen and oxygen atoms in total. The van der Waals surface area contributed by atoms with Crippen LogP contribution in [0.3, 0.4) is 0 Å². The van der Waals surface area contributed by atoms with Crippen LogP contribution in [0.25, 0.3) is 11.6 Å². The third kappa shape index (κ3) is 2.70. The zero-order valence-electron chi connectivity index (χ0n) is 11.8. The van der Waals surface area contributed by atoms with Gasteiger partial charge in [-0.1, -0.05) is 13.3 Å². The molecule has 1 aliphatic carbocycles. The Hall–Kier alpha value is -1.82. The zero-order valence-corrected chi connectivity index (χ0v) is 11.8. The molecule has 0 aliphatic heterocycles. The first-order valence-electron chi connectivity index (χ1n) is 7.33. The summed E-state index contributed by atoms with van der Waals surface area (Å²) in [5, 5.41) is 10.3. The van der Waals surface area contributed by atoms with Crippen molar-refractivity contribution in [3.63, 3.8) is 0 Å². The molecule has 2 N–H and O–H groups in total. The smallest absolute Gasteiger partial charge is 0.197 e. The fourth-order valence-corrected chi connectivity index (χ4v) is 2.67. The van der Waals surface area contributed by atoms with Crippen molar-refractivity contribution < 1.29 is 0 Å². The number of fused-ring (bicyclic) bond motifs is 1. The molecule has 20 heavy (non-hydrogen) atoms. The van der Waals surface area contributed by atoms with Crippen LogP contribution in [-0.4, -0.2) is 31.7 Å². The Morgan fingerprint density at radius 1 is 1.35 bits per heavy atom. The first-order chi connectivity index (χ1) is 9.88. The minimum absolute atomic E-state index is 0.385. The summed E-state index contributed by atoms with van der Waals surface area (Å²) >= 11 is 0. The van der Waals surface area contributed by atoms with Crippen molar-refractivity contribution in [1.29, 1.82) is 0 Å². The molecule has 1 unspecified atom stereocenters. The largest absolute Gasteiger partial charge is 0.310 e. The number of aromatic amines is 1. The Morgan fingerprint density at radius 2 is 2.30 bits per heavy atom. The van der Waals surface area contributed by atoms with Gasteiger partial charge in [-0.2, -0.15) is 5.10 Å². The second-order valence-electron chi connectivity index (χ2n) is 5.18. The quantitative estimate of drug-likeness (QED) is 0.832. The normalized spacial score (nSPS) is 18.6. The van der Waals surface area contributed by atoms with Crippen LogP contribution in [0.5, 0.6) is 0 Å². The van der Waals surface area contributed by atoms with E-state index in [1.165, 1.54) is 24.7 Å². The van der Waals surface area contributed by atoms with Crippen LogP contribution in [0.2, 0.25) is 0 Å². The van der Waals surface area contributed by atoms with Crippen molar-refractivity contribution in [1.82, 2.24) is 30.5 Å². The molecular formula is C14H20N6. The van der Waals surface area contributed by atoms with E-state index in [0.717, 1.165) is 31.5 Å². The van der Waals surface area contributed by atoms with Gasteiger partial charge in [0, 0.05) is 23.5 Å². The topological polar surface area (TPSA) is 79.4 Å². The van der Waals surface area contributed by atoms with Crippen LogP contribution in [-0.2, 0) is 6.42 Å². The van der Waals surface area contributed by atoms with Crippen LogP contribution in [0.1, 0.15) is 49.9 Å². The molecule has 0 radical (unpaired) electrons. The van der Waals surface area contributed by atoms with Crippen LogP contribution in [0, 0.1) is 0 Å². The summed E-state index contributed by atoms with van der Waals surface area (Å²) in [5.41, 5.74) is 2.40. The van der Waals surface area contributed by atoms with E-state index in [4.69, 9.17) is 0 Å². The monoisotopic (exact) mass is 272 g/mol. The summed E-state index contributed by atoms with van der Waals surface area (Å²) in [7, 11) is 0. The SMILES string of the molecule is CCCNC1CCCCc2nc(-c3ncn[nH]3)ncc21. The molecule has 0 amide bonds. The van der Waals surface area contributed by atoms with E-state index in [2.05, 4.69) is 37.4 Å². The van der Waals surface area contributed by atoms with E-state index in [1.54, 1.807) is 0 Å². The van der Waals surface area contributed by atoms with Gasteiger partial charge in [-0.25, -0.2) is 15.0 Å². The number of hydrogen-bond acceptors (Lipinski definition) is 5. The molecule has 6 heteroatoms. The lowest BCUT2D eigenvalue weighted by molar-refractivity contribution is 0.488. The lowest BCUT2D eigenvalue weighted by Crippen LogP contribution is -2.23. The summed E-state index contributed by atoms with van der Waals surface area (Å²) in [6, 6.07) is 0.385. The molecule has 3 rings (SSSR count). The molecule has 0 fully saturated rings. The number of hydrogen-bond donors (Lipinski definition) is 2. The second kappa shape index (κ2) is 6.09. The van der Waals surface area contributed by atoms with Gasteiger partial charge in [-0.3, -0.25) is 5.10 Å². The third-order valence-electron chi connectivity index (χ3n) is 3.70. The van der Waals surface area contributed by atoms with Gasteiger partial charge >= 0.3 is 0 Å². The van der Waals surface area contributed by atoms with Gasteiger partial charge in [0.25, 0.3) is 0 Å². The molecule has 2 heterocycles. The van der Waals surface area contributed by atoms with Gasteiger partial charge in [-0.15, -0.1) is 0 Å². The predicted molar refractivity (Wildman–Crippen MR) is 76.0 cm³/mol. The summed E-state index contributed by atoms with van der Waals surface area (Å²) in [5.74, 6) is 1.27. The average Bonchev–Trinajstić information content (AvgIpc) is 2.94. The second-order valence-corrected chi connectivity index (χ2v) is 5.18. The lowest BCUT2D eigenvalue weighted by atomic mass is 10.0. The highest BCUT2D eigenvalue weighted by molar-refractivity contribution is 5.43. The minimum atomic E-state index is 0.385. The van der Waals surface area contributed by atoms with Gasteiger partial charge in [0.05, 0.1) is 0 Å². The van der Waals surface area contributed by atoms with E-state index >= 15 is 0 Å². The van der Waals surface area contributed by atoms with Gasteiger partial charge in [-0.05, 0) is 32.2 Å². The molecule has 0 aromatic carbocycles. The predicted octanol–water partition coefficient (Wildman–Crippen LogP) is 2.03. The number of aromatic nitrogens is 5. The van der Waals surface area contributed by atoms with Crippen molar-refractivity contribution in [2.24, 2.45) is 0 Å². The van der Waals surface area contributed by atoms with Crippen molar-refractivity contribution in [2.75, 3.05) is 6.54 Å². The third-order valence-corrected chi connectivity index (χ3v) is 3.70. The number of nitrogens with one attached hydrogen (secondary N) is 2. The van der Waals surface area contributed by atoms with E-state index in [-0.39, 0.29) is 0 Å². The molecule has 1 atom stereocenters. The summed E-state index contributed by atoms with van der Waals surface area (Å²) in [6.45, 7) is 3.22. The van der Waals surface area contributed by atoms with E-state index in [1.807, 2.05) is 6.20 Å². The highest BCUT2D eigenvalue weighted by Gasteiger charge is 2.20. The van der Waals surface area contributed by atoms with Gasteiger partial charge < -0.3 is 5.32 Å². The molecule has 0 saturated carbocycles. The summed E-state index contributed by atoms with van der Waals surface area (Å²) in [6.07, 6.45) is 9.18.